The van der Waals surface area contributed by atoms with Gasteiger partial charge >= 0.3 is 6.03 Å². The maximum atomic E-state index is 12.3. The molecule has 0 aliphatic carbocycles. The van der Waals surface area contributed by atoms with Crippen LogP contribution in [-0.2, 0) is 16.0 Å². The Balaban J connectivity index is 1.28. The van der Waals surface area contributed by atoms with E-state index in [1.165, 1.54) is 0 Å². The molecule has 2 aliphatic rings. The summed E-state index contributed by atoms with van der Waals surface area (Å²) in [5.41, 5.74) is 0.711. The van der Waals surface area contributed by atoms with Crippen LogP contribution in [0.5, 0.6) is 0 Å². The maximum Gasteiger partial charge on any atom is 0.317 e. The predicted octanol–water partition coefficient (Wildman–Crippen LogP) is 2.45. The van der Waals surface area contributed by atoms with Gasteiger partial charge in [0.05, 0.1) is 30.3 Å². The Bertz CT molecular complexity index is 684. The molecule has 1 spiro atoms. The maximum absolute atomic E-state index is 12.3. The molecule has 1 N–H and O–H groups in total. The van der Waals surface area contributed by atoms with E-state index in [4.69, 9.17) is 13.9 Å². The molecule has 0 bridgehead atoms. The molecule has 2 fully saturated rings. The van der Waals surface area contributed by atoms with Crippen molar-refractivity contribution in [1.82, 2.24) is 15.2 Å². The molecule has 2 aromatic heterocycles. The number of nitrogens with one attached hydrogen (secondary N) is 1. The Morgan fingerprint density at radius 3 is 2.83 bits per heavy atom. The first-order valence-electron chi connectivity index (χ1n) is 8.03. The van der Waals surface area contributed by atoms with Crippen molar-refractivity contribution in [3.63, 3.8) is 0 Å². The van der Waals surface area contributed by atoms with Crippen LogP contribution in [0.4, 0.5) is 4.79 Å². The topological polar surface area (TPSA) is 76.8 Å². The third-order valence-electron chi connectivity index (χ3n) is 4.33. The number of hydrogen-bond donors (Lipinski definition) is 1. The van der Waals surface area contributed by atoms with E-state index in [-0.39, 0.29) is 6.03 Å². The smallest absolute Gasteiger partial charge is 0.317 e. The summed E-state index contributed by atoms with van der Waals surface area (Å²) in [5.74, 6) is 0.128. The van der Waals surface area contributed by atoms with Gasteiger partial charge in [-0.3, -0.25) is 0 Å². The van der Waals surface area contributed by atoms with Crippen molar-refractivity contribution >= 4 is 17.4 Å². The lowest BCUT2D eigenvalue weighted by Crippen LogP contribution is -2.50. The minimum absolute atomic E-state index is 0.0940. The average molecular weight is 349 g/mol. The molecule has 2 aromatic rings. The van der Waals surface area contributed by atoms with Crippen molar-refractivity contribution < 1.29 is 18.7 Å². The summed E-state index contributed by atoms with van der Waals surface area (Å²) in [6.07, 6.45) is 3.01. The van der Waals surface area contributed by atoms with Gasteiger partial charge in [0.25, 0.3) is 0 Å². The van der Waals surface area contributed by atoms with Crippen LogP contribution >= 0.6 is 11.3 Å². The van der Waals surface area contributed by atoms with Gasteiger partial charge in [-0.1, -0.05) is 6.07 Å². The van der Waals surface area contributed by atoms with Gasteiger partial charge in [-0.15, -0.1) is 11.3 Å². The number of oxazole rings is 1. The highest BCUT2D eigenvalue weighted by atomic mass is 32.1. The summed E-state index contributed by atoms with van der Waals surface area (Å²) in [5, 5.41) is 4.87. The van der Waals surface area contributed by atoms with Crippen molar-refractivity contribution in [3.05, 3.63) is 29.5 Å². The largest absolute Gasteiger partial charge is 0.443 e. The Kier molecular flexibility index (Phi) is 4.26. The fraction of sp³-hybridized carbons (Fsp3) is 0.500. The highest BCUT2D eigenvalue weighted by molar-refractivity contribution is 7.13. The molecule has 4 rings (SSSR count). The minimum atomic E-state index is -0.460. The summed E-state index contributed by atoms with van der Waals surface area (Å²) in [7, 11) is 0. The molecule has 2 aliphatic heterocycles. The van der Waals surface area contributed by atoms with E-state index in [0.717, 1.165) is 4.88 Å². The van der Waals surface area contributed by atoms with E-state index in [0.29, 0.717) is 57.3 Å². The van der Waals surface area contributed by atoms with Crippen molar-refractivity contribution in [1.29, 1.82) is 0 Å². The molecule has 0 atom stereocenters. The summed E-state index contributed by atoms with van der Waals surface area (Å²) in [6, 6.07) is 3.81. The van der Waals surface area contributed by atoms with Crippen LogP contribution < -0.4 is 5.32 Å². The number of urea groups is 1. The number of piperidine rings is 1. The molecule has 2 amide bonds. The molecular formula is C16H19N3O4S. The van der Waals surface area contributed by atoms with Crippen LogP contribution in [0.2, 0.25) is 0 Å². The molecule has 0 unspecified atom stereocenters. The van der Waals surface area contributed by atoms with E-state index in [9.17, 15) is 4.79 Å². The van der Waals surface area contributed by atoms with E-state index in [1.54, 1.807) is 22.5 Å². The van der Waals surface area contributed by atoms with Gasteiger partial charge in [-0.25, -0.2) is 9.78 Å². The van der Waals surface area contributed by atoms with Gasteiger partial charge in [0.2, 0.25) is 5.89 Å². The summed E-state index contributed by atoms with van der Waals surface area (Å²) >= 11 is 1.57. The highest BCUT2D eigenvalue weighted by Crippen LogP contribution is 2.31. The van der Waals surface area contributed by atoms with E-state index in [2.05, 4.69) is 10.3 Å². The highest BCUT2D eigenvalue weighted by Gasteiger charge is 2.40. The van der Waals surface area contributed by atoms with E-state index < -0.39 is 5.79 Å². The summed E-state index contributed by atoms with van der Waals surface area (Å²) in [4.78, 5) is 19.5. The molecule has 2 saturated heterocycles. The number of likely N-dealkylation sites (tertiary alicyclic amines) is 1. The molecule has 4 heterocycles. The number of rotatable bonds is 3. The van der Waals surface area contributed by atoms with Crippen molar-refractivity contribution in [2.24, 2.45) is 0 Å². The van der Waals surface area contributed by atoms with Crippen LogP contribution in [0.1, 0.15) is 18.5 Å². The van der Waals surface area contributed by atoms with E-state index >= 15 is 0 Å². The third-order valence-corrected chi connectivity index (χ3v) is 5.19. The molecule has 24 heavy (non-hydrogen) atoms. The Morgan fingerprint density at radius 2 is 2.12 bits per heavy atom. The van der Waals surface area contributed by atoms with Crippen LogP contribution in [0.25, 0.3) is 10.8 Å². The standard InChI is InChI=1S/C16H19N3O4S/c20-15(19-5-3-16(4-6-19)22-7-8-23-16)17-10-12-11-21-14(18-12)13-2-1-9-24-13/h1-2,9,11H,3-8,10H2,(H,17,20). The lowest BCUT2D eigenvalue weighted by molar-refractivity contribution is -0.181. The first-order valence-corrected chi connectivity index (χ1v) is 8.91. The number of ether oxygens (including phenoxy) is 2. The van der Waals surface area contributed by atoms with Crippen LogP contribution in [0.15, 0.2) is 28.2 Å². The average Bonchev–Trinajstić information content (AvgIpc) is 3.35. The SMILES string of the molecule is O=C(NCc1coc(-c2cccs2)n1)N1CCC2(CC1)OCCO2. The first-order chi connectivity index (χ1) is 11.7. The second-order valence-corrected chi connectivity index (χ2v) is 6.82. The number of hydrogen-bond acceptors (Lipinski definition) is 6. The van der Waals surface area contributed by atoms with Gasteiger partial charge < -0.3 is 24.1 Å². The lowest BCUT2D eigenvalue weighted by Gasteiger charge is -2.37. The van der Waals surface area contributed by atoms with Gasteiger partial charge in [-0.2, -0.15) is 0 Å². The lowest BCUT2D eigenvalue weighted by atomic mass is 10.0. The second-order valence-electron chi connectivity index (χ2n) is 5.87. The molecule has 7 nitrogen and oxygen atoms in total. The number of aromatic nitrogens is 1. The number of carbonyl (C=O) groups is 1. The van der Waals surface area contributed by atoms with Gasteiger partial charge in [-0.05, 0) is 11.4 Å². The van der Waals surface area contributed by atoms with Crippen LogP contribution in [0, 0.1) is 0 Å². The number of thiophene rings is 1. The van der Waals surface area contributed by atoms with Crippen LogP contribution in [-0.4, -0.2) is 48.0 Å². The molecule has 8 heteroatoms. The van der Waals surface area contributed by atoms with Crippen molar-refractivity contribution in [3.8, 4) is 10.8 Å². The van der Waals surface area contributed by atoms with Crippen molar-refractivity contribution in [2.45, 2.75) is 25.2 Å². The molecule has 0 radical (unpaired) electrons. The fourth-order valence-corrected chi connectivity index (χ4v) is 3.67. The zero-order chi connectivity index (χ0) is 16.4. The Morgan fingerprint density at radius 1 is 1.33 bits per heavy atom. The third kappa shape index (κ3) is 3.17. The van der Waals surface area contributed by atoms with Crippen molar-refractivity contribution in [2.75, 3.05) is 26.3 Å². The molecular weight excluding hydrogens is 330 g/mol. The van der Waals surface area contributed by atoms with Crippen LogP contribution in [0.3, 0.4) is 0 Å². The first kappa shape index (κ1) is 15.6. The monoisotopic (exact) mass is 349 g/mol. The quantitative estimate of drug-likeness (QED) is 0.921. The predicted molar refractivity (Wildman–Crippen MR) is 87.5 cm³/mol. The fourth-order valence-electron chi connectivity index (χ4n) is 3.02. The second kappa shape index (κ2) is 6.54. The van der Waals surface area contributed by atoms with Gasteiger partial charge in [0.15, 0.2) is 5.79 Å². The van der Waals surface area contributed by atoms with Gasteiger partial charge in [0.1, 0.15) is 6.26 Å². The summed E-state index contributed by atoms with van der Waals surface area (Å²) < 4.78 is 16.8. The summed E-state index contributed by atoms with van der Waals surface area (Å²) in [6.45, 7) is 2.90. The molecule has 128 valence electrons. The molecule has 0 saturated carbocycles. The Labute approximate surface area is 143 Å². The molecule has 0 aromatic carbocycles. The normalized spacial score (nSPS) is 19.8. The zero-order valence-corrected chi connectivity index (χ0v) is 14.0. The minimum Gasteiger partial charge on any atom is -0.443 e. The zero-order valence-electron chi connectivity index (χ0n) is 13.2. The Hall–Kier alpha value is -1.90. The number of nitrogens with zero attached hydrogens (tertiary/aromatic N) is 2. The van der Waals surface area contributed by atoms with Gasteiger partial charge in [0, 0.05) is 25.9 Å². The number of amides is 2. The number of carbonyl (C=O) groups excluding carboxylic acids is 1. The van der Waals surface area contributed by atoms with E-state index in [1.807, 2.05) is 17.5 Å².